The molecule has 80 valence electrons. The fourth-order valence-electron chi connectivity index (χ4n) is 0.704. The third-order valence-electron chi connectivity index (χ3n) is 1.58. The molecule has 13 heavy (non-hydrogen) atoms. The lowest BCUT2D eigenvalue weighted by molar-refractivity contribution is -0.150. The summed E-state index contributed by atoms with van der Waals surface area (Å²) in [6.07, 6.45) is -3.20. The van der Waals surface area contributed by atoms with Crippen molar-refractivity contribution < 1.29 is 24.2 Å². The fraction of sp³-hybridized carbons (Fsp3) is 0.833. The van der Waals surface area contributed by atoms with Crippen molar-refractivity contribution in [3.8, 4) is 0 Å². The van der Waals surface area contributed by atoms with Gasteiger partial charge in [-0.15, -0.1) is 0 Å². The molecule has 0 saturated carbocycles. The molecule has 0 spiro atoms. The van der Waals surface area contributed by atoms with Crippen molar-refractivity contribution in [1.29, 1.82) is 0 Å². The number of halogens is 2. The first-order valence-corrected chi connectivity index (χ1v) is 3.45. The summed E-state index contributed by atoms with van der Waals surface area (Å²) < 4.78 is 24.2. The smallest absolute Gasteiger partial charge is 0.329 e. The first-order valence-electron chi connectivity index (χ1n) is 3.45. The maximum atomic E-state index is 12.1. The van der Waals surface area contributed by atoms with Crippen LogP contribution >= 0.6 is 0 Å². The molecule has 0 bridgehead atoms. The lowest BCUT2D eigenvalue weighted by Crippen LogP contribution is -2.54. The lowest BCUT2D eigenvalue weighted by Gasteiger charge is -2.22. The van der Waals surface area contributed by atoms with Gasteiger partial charge in [-0.25, -0.2) is 13.6 Å². The Morgan fingerprint density at radius 2 is 2.00 bits per heavy atom. The Hall–Kier alpha value is -0.790. The molecule has 0 aromatic carbocycles. The number of carboxylic acid groups (broad SMARTS) is 1. The van der Waals surface area contributed by atoms with Crippen LogP contribution in [0, 0.1) is 0 Å². The summed E-state index contributed by atoms with van der Waals surface area (Å²) >= 11 is 0. The molecule has 0 aromatic rings. The van der Waals surface area contributed by atoms with Gasteiger partial charge in [-0.2, -0.15) is 0 Å². The van der Waals surface area contributed by atoms with Gasteiger partial charge in [-0.05, 0) is 19.4 Å². The van der Waals surface area contributed by atoms with Gasteiger partial charge in [0.1, 0.15) is 0 Å². The predicted octanol–water partition coefficient (Wildman–Crippen LogP) is -1.05. The van der Waals surface area contributed by atoms with E-state index in [1.54, 1.807) is 0 Å². The molecule has 7 heteroatoms. The molecule has 0 heterocycles. The SMILES string of the molecule is NCCC[C@](N)(C(=O)O)C(F)F.O. The normalized spacial score (nSPS) is 14.8. The number of hydrogen-bond acceptors (Lipinski definition) is 3. The molecule has 5 nitrogen and oxygen atoms in total. The Morgan fingerprint density at radius 1 is 1.54 bits per heavy atom. The van der Waals surface area contributed by atoms with Crippen molar-refractivity contribution in [3.63, 3.8) is 0 Å². The lowest BCUT2D eigenvalue weighted by atomic mass is 9.95. The molecule has 0 fully saturated rings. The van der Waals surface area contributed by atoms with Crippen molar-refractivity contribution in [1.82, 2.24) is 0 Å². The fourth-order valence-corrected chi connectivity index (χ4v) is 0.704. The molecule has 0 amide bonds. The van der Waals surface area contributed by atoms with Crippen LogP contribution in [0.25, 0.3) is 0 Å². The minimum absolute atomic E-state index is 0. The Balaban J connectivity index is 0. The van der Waals surface area contributed by atoms with Crippen LogP contribution in [0.4, 0.5) is 8.78 Å². The predicted molar refractivity (Wildman–Crippen MR) is 42.5 cm³/mol. The van der Waals surface area contributed by atoms with E-state index in [4.69, 9.17) is 16.6 Å². The van der Waals surface area contributed by atoms with E-state index in [2.05, 4.69) is 0 Å². The molecule has 0 saturated heterocycles. The van der Waals surface area contributed by atoms with Crippen molar-refractivity contribution in [2.75, 3.05) is 6.54 Å². The monoisotopic (exact) mass is 200 g/mol. The molecule has 0 aliphatic heterocycles. The Bertz CT molecular complexity index is 168. The van der Waals surface area contributed by atoms with Gasteiger partial charge in [-0.3, -0.25) is 0 Å². The molecule has 0 rings (SSSR count). The first-order chi connectivity index (χ1) is 5.45. The van der Waals surface area contributed by atoms with Crippen LogP contribution in [0.3, 0.4) is 0 Å². The van der Waals surface area contributed by atoms with Crippen molar-refractivity contribution in [2.24, 2.45) is 11.5 Å². The van der Waals surface area contributed by atoms with E-state index in [9.17, 15) is 13.6 Å². The number of aliphatic carboxylic acids is 1. The molecule has 7 N–H and O–H groups in total. The average molecular weight is 200 g/mol. The summed E-state index contributed by atoms with van der Waals surface area (Å²) in [5.41, 5.74) is 7.56. The second-order valence-corrected chi connectivity index (χ2v) is 2.54. The highest BCUT2D eigenvalue weighted by molar-refractivity contribution is 5.79. The van der Waals surface area contributed by atoms with E-state index in [1.807, 2.05) is 0 Å². The maximum absolute atomic E-state index is 12.1. The van der Waals surface area contributed by atoms with Crippen molar-refractivity contribution >= 4 is 5.97 Å². The van der Waals surface area contributed by atoms with Crippen LogP contribution in [0.2, 0.25) is 0 Å². The van der Waals surface area contributed by atoms with Crippen molar-refractivity contribution in [2.45, 2.75) is 24.8 Å². The summed E-state index contributed by atoms with van der Waals surface area (Å²) in [5.74, 6) is -1.69. The van der Waals surface area contributed by atoms with Gasteiger partial charge >= 0.3 is 5.97 Å². The Labute approximate surface area is 74.0 Å². The quantitative estimate of drug-likeness (QED) is 0.524. The highest BCUT2D eigenvalue weighted by Crippen LogP contribution is 2.18. The zero-order valence-electron chi connectivity index (χ0n) is 6.96. The Kier molecular flexibility index (Phi) is 6.55. The number of hydrogen-bond donors (Lipinski definition) is 3. The minimum atomic E-state index is -3.07. The number of carboxylic acids is 1. The van der Waals surface area contributed by atoms with Crippen LogP contribution in [0.1, 0.15) is 12.8 Å². The molecule has 0 unspecified atom stereocenters. The van der Waals surface area contributed by atoms with Gasteiger partial charge in [-0.1, -0.05) is 0 Å². The third-order valence-corrected chi connectivity index (χ3v) is 1.58. The first kappa shape index (κ1) is 14.7. The number of carbonyl (C=O) groups is 1. The molecule has 0 aliphatic carbocycles. The van der Waals surface area contributed by atoms with E-state index in [1.165, 1.54) is 0 Å². The summed E-state index contributed by atoms with van der Waals surface area (Å²) in [6, 6.07) is 0. The number of alkyl halides is 2. The van der Waals surface area contributed by atoms with Gasteiger partial charge in [0.05, 0.1) is 0 Å². The van der Waals surface area contributed by atoms with Gasteiger partial charge in [0, 0.05) is 0 Å². The Morgan fingerprint density at radius 3 is 2.23 bits per heavy atom. The topological polar surface area (TPSA) is 121 Å². The van der Waals surface area contributed by atoms with Crippen LogP contribution < -0.4 is 11.5 Å². The number of nitrogens with two attached hydrogens (primary N) is 2. The summed E-state index contributed by atoms with van der Waals surface area (Å²) in [4.78, 5) is 10.3. The highest BCUT2D eigenvalue weighted by Gasteiger charge is 2.42. The van der Waals surface area contributed by atoms with Crippen LogP contribution in [0.5, 0.6) is 0 Å². The summed E-state index contributed by atoms with van der Waals surface area (Å²) in [5, 5.41) is 8.38. The van der Waals surface area contributed by atoms with E-state index in [-0.39, 0.29) is 24.9 Å². The average Bonchev–Trinajstić information content (AvgIpc) is 1.99. The van der Waals surface area contributed by atoms with Crippen LogP contribution in [0.15, 0.2) is 0 Å². The van der Waals surface area contributed by atoms with Crippen LogP contribution in [-0.2, 0) is 4.79 Å². The standard InChI is InChI=1S/C6H12F2N2O2.H2O/c7-4(8)6(10,5(11)12)2-1-3-9;/h4H,1-3,9-10H2,(H,11,12);1H2/t6-;/m1./s1. The zero-order valence-corrected chi connectivity index (χ0v) is 6.96. The van der Waals surface area contributed by atoms with Crippen molar-refractivity contribution in [3.05, 3.63) is 0 Å². The van der Waals surface area contributed by atoms with E-state index >= 15 is 0 Å². The largest absolute Gasteiger partial charge is 0.480 e. The number of rotatable bonds is 5. The van der Waals surface area contributed by atoms with Gasteiger partial charge in [0.25, 0.3) is 6.43 Å². The molecule has 0 aliphatic rings. The van der Waals surface area contributed by atoms with Gasteiger partial charge in [0.15, 0.2) is 5.54 Å². The summed E-state index contributed by atoms with van der Waals surface area (Å²) in [6.45, 7) is 0.152. The van der Waals surface area contributed by atoms with E-state index in [0.29, 0.717) is 0 Å². The molecular weight excluding hydrogens is 186 g/mol. The van der Waals surface area contributed by atoms with Gasteiger partial charge < -0.3 is 22.1 Å². The summed E-state index contributed by atoms with van der Waals surface area (Å²) in [7, 11) is 0. The second kappa shape index (κ2) is 5.79. The maximum Gasteiger partial charge on any atom is 0.329 e. The van der Waals surface area contributed by atoms with E-state index < -0.39 is 17.9 Å². The highest BCUT2D eigenvalue weighted by atomic mass is 19.3. The molecule has 0 aromatic heterocycles. The molecule has 0 radical (unpaired) electrons. The zero-order chi connectivity index (χ0) is 9.78. The van der Waals surface area contributed by atoms with Gasteiger partial charge in [0.2, 0.25) is 0 Å². The minimum Gasteiger partial charge on any atom is -0.480 e. The second-order valence-electron chi connectivity index (χ2n) is 2.54. The molecular formula is C6H14F2N2O3. The van der Waals surface area contributed by atoms with E-state index in [0.717, 1.165) is 0 Å². The van der Waals surface area contributed by atoms with Crippen LogP contribution in [-0.4, -0.2) is 35.1 Å². The molecule has 1 atom stereocenters. The third kappa shape index (κ3) is 3.62.